The average molecular weight is 362 g/mol. The number of fused-ring (bicyclic) bond motifs is 1. The fourth-order valence-electron chi connectivity index (χ4n) is 2.29. The summed E-state index contributed by atoms with van der Waals surface area (Å²) < 4.78 is 10.5. The van der Waals surface area contributed by atoms with E-state index in [1.54, 1.807) is 6.07 Å². The number of aromatic nitrogens is 1. The summed E-state index contributed by atoms with van der Waals surface area (Å²) in [7, 11) is 0. The number of unbranched alkanes of at least 4 members (excludes halogenated alkanes) is 1. The van der Waals surface area contributed by atoms with Crippen molar-refractivity contribution in [3.63, 3.8) is 0 Å². The van der Waals surface area contributed by atoms with Crippen molar-refractivity contribution in [2.45, 2.75) is 32.8 Å². The van der Waals surface area contributed by atoms with Crippen molar-refractivity contribution in [1.29, 1.82) is 0 Å². The fourth-order valence-corrected chi connectivity index (χ4v) is 2.53. The summed E-state index contributed by atoms with van der Waals surface area (Å²) in [5.41, 5.74) is 1.10. The molecule has 2 aromatic rings. The largest absolute Gasteiger partial charge is 0.462 e. The van der Waals surface area contributed by atoms with Crippen molar-refractivity contribution in [2.75, 3.05) is 6.61 Å². The van der Waals surface area contributed by atoms with Crippen molar-refractivity contribution in [1.82, 2.24) is 4.98 Å². The number of carbonyl (C=O) groups is 2. The van der Waals surface area contributed by atoms with Crippen LogP contribution in [-0.4, -0.2) is 23.5 Å². The molecule has 1 aromatic heterocycles. The van der Waals surface area contributed by atoms with E-state index in [0.29, 0.717) is 11.1 Å². The van der Waals surface area contributed by atoms with Crippen LogP contribution in [0.3, 0.4) is 0 Å². The number of halogens is 1. The molecule has 5 nitrogen and oxygen atoms in total. The first-order valence-corrected chi connectivity index (χ1v) is 8.40. The highest BCUT2D eigenvalue weighted by Crippen LogP contribution is 2.33. The maximum Gasteiger partial charge on any atom is 0.337 e. The quantitative estimate of drug-likeness (QED) is 0.316. The number of para-hydroxylation sites is 1. The average Bonchev–Trinajstić information content (AvgIpc) is 2.58. The number of nitrogens with zero attached hydrogens (tertiary/aromatic N) is 1. The molecule has 0 fully saturated rings. The molecule has 0 spiro atoms. The van der Waals surface area contributed by atoms with Gasteiger partial charge >= 0.3 is 11.9 Å². The highest BCUT2D eigenvalue weighted by Gasteiger charge is 2.28. The summed E-state index contributed by atoms with van der Waals surface area (Å²) in [4.78, 5) is 28.0. The lowest BCUT2D eigenvalue weighted by Gasteiger charge is -2.20. The number of pyridine rings is 1. The summed E-state index contributed by atoms with van der Waals surface area (Å²) in [5, 5.41) is 0.957. The van der Waals surface area contributed by atoms with Crippen LogP contribution in [0, 0.1) is 0 Å². The Kier molecular flexibility index (Phi) is 6.53. The minimum Gasteiger partial charge on any atom is -0.462 e. The number of benzene rings is 1. The van der Waals surface area contributed by atoms with Crippen LogP contribution in [0.5, 0.6) is 0 Å². The fraction of sp³-hybridized carbons (Fsp3) is 0.316. The van der Waals surface area contributed by atoms with Gasteiger partial charge in [0.25, 0.3) is 0 Å². The first-order valence-electron chi connectivity index (χ1n) is 8.02. The lowest BCUT2D eigenvalue weighted by atomic mass is 10.0. The normalized spacial score (nSPS) is 11.8. The highest BCUT2D eigenvalue weighted by molar-refractivity contribution is 6.30. The molecular formula is C19H20ClNO4. The Labute approximate surface area is 151 Å². The number of hydrogen-bond acceptors (Lipinski definition) is 5. The zero-order chi connectivity index (χ0) is 18.4. The van der Waals surface area contributed by atoms with Gasteiger partial charge in [-0.1, -0.05) is 49.7 Å². The van der Waals surface area contributed by atoms with Gasteiger partial charge in [0.05, 0.1) is 17.7 Å². The number of hydrogen-bond donors (Lipinski definition) is 0. The van der Waals surface area contributed by atoms with E-state index in [0.717, 1.165) is 18.2 Å². The maximum atomic E-state index is 12.2. The molecule has 0 saturated heterocycles. The molecule has 0 saturated carbocycles. The van der Waals surface area contributed by atoms with Crippen molar-refractivity contribution < 1.29 is 19.1 Å². The van der Waals surface area contributed by atoms with Crippen LogP contribution in [0.15, 0.2) is 42.5 Å². The van der Waals surface area contributed by atoms with Crippen LogP contribution < -0.4 is 0 Å². The molecule has 6 heteroatoms. The molecule has 132 valence electrons. The standard InChI is InChI=1S/C19H20ClNO4/c1-4-5-10-24-19(23)12(2)17(25-13(3)22)15-11-14-8-6-7-9-16(14)21-18(15)20/h6-9,11,17H,2,4-5,10H2,1,3H3. The molecule has 0 amide bonds. The van der Waals surface area contributed by atoms with Crippen LogP contribution >= 0.6 is 11.6 Å². The summed E-state index contributed by atoms with van der Waals surface area (Å²) in [6, 6.07) is 9.12. The molecule has 0 aliphatic heterocycles. The Balaban J connectivity index is 2.36. The van der Waals surface area contributed by atoms with Gasteiger partial charge in [0, 0.05) is 17.9 Å². The van der Waals surface area contributed by atoms with Crippen molar-refractivity contribution in [3.05, 3.63) is 53.2 Å². The first-order chi connectivity index (χ1) is 11.9. The number of ether oxygens (including phenoxy) is 2. The second-order valence-electron chi connectivity index (χ2n) is 5.57. The molecule has 1 aromatic carbocycles. The van der Waals surface area contributed by atoms with Gasteiger partial charge in [0.2, 0.25) is 0 Å². The molecule has 1 unspecified atom stereocenters. The number of rotatable bonds is 7. The third-order valence-electron chi connectivity index (χ3n) is 3.58. The van der Waals surface area contributed by atoms with Gasteiger partial charge in [-0.25, -0.2) is 9.78 Å². The van der Waals surface area contributed by atoms with Gasteiger partial charge in [-0.3, -0.25) is 4.79 Å². The van der Waals surface area contributed by atoms with E-state index in [9.17, 15) is 9.59 Å². The smallest absolute Gasteiger partial charge is 0.337 e. The first kappa shape index (κ1) is 18.9. The van der Waals surface area contributed by atoms with Gasteiger partial charge in [0.15, 0.2) is 6.10 Å². The zero-order valence-corrected chi connectivity index (χ0v) is 15.0. The Morgan fingerprint density at radius 2 is 2.04 bits per heavy atom. The van der Waals surface area contributed by atoms with E-state index in [1.807, 2.05) is 31.2 Å². The molecule has 1 heterocycles. The van der Waals surface area contributed by atoms with E-state index in [-0.39, 0.29) is 17.3 Å². The lowest BCUT2D eigenvalue weighted by Crippen LogP contribution is -2.19. The minimum atomic E-state index is -1.05. The predicted octanol–water partition coefficient (Wildman–Crippen LogP) is 4.39. The Morgan fingerprint density at radius 3 is 2.72 bits per heavy atom. The van der Waals surface area contributed by atoms with Crippen LogP contribution in [0.4, 0.5) is 0 Å². The van der Waals surface area contributed by atoms with E-state index in [2.05, 4.69) is 11.6 Å². The Bertz CT molecular complexity index is 803. The van der Waals surface area contributed by atoms with Crippen LogP contribution in [0.2, 0.25) is 5.15 Å². The van der Waals surface area contributed by atoms with Crippen molar-refractivity contribution >= 4 is 34.4 Å². The monoisotopic (exact) mass is 361 g/mol. The van der Waals surface area contributed by atoms with Gasteiger partial charge in [-0.05, 0) is 18.6 Å². The second kappa shape index (κ2) is 8.62. The van der Waals surface area contributed by atoms with Gasteiger partial charge in [-0.2, -0.15) is 0 Å². The van der Waals surface area contributed by atoms with Crippen LogP contribution in [0.25, 0.3) is 10.9 Å². The predicted molar refractivity (Wildman–Crippen MR) is 96.3 cm³/mol. The van der Waals surface area contributed by atoms with Crippen LogP contribution in [-0.2, 0) is 19.1 Å². The SMILES string of the molecule is C=C(C(=O)OCCCC)C(OC(C)=O)c1cc2ccccc2nc1Cl. The number of carbonyl (C=O) groups excluding carboxylic acids is 2. The van der Waals surface area contributed by atoms with Gasteiger partial charge in [0.1, 0.15) is 5.15 Å². The van der Waals surface area contributed by atoms with E-state index in [4.69, 9.17) is 21.1 Å². The second-order valence-corrected chi connectivity index (χ2v) is 5.92. The number of esters is 2. The molecular weight excluding hydrogens is 342 g/mol. The maximum absolute atomic E-state index is 12.2. The van der Waals surface area contributed by atoms with Crippen molar-refractivity contribution in [3.8, 4) is 0 Å². The van der Waals surface area contributed by atoms with Crippen LogP contribution in [0.1, 0.15) is 38.4 Å². The molecule has 2 rings (SSSR count). The van der Waals surface area contributed by atoms with Gasteiger partial charge in [-0.15, -0.1) is 0 Å². The molecule has 0 aliphatic carbocycles. The molecule has 0 radical (unpaired) electrons. The molecule has 25 heavy (non-hydrogen) atoms. The van der Waals surface area contributed by atoms with E-state index in [1.165, 1.54) is 6.92 Å². The molecule has 0 bridgehead atoms. The topological polar surface area (TPSA) is 65.5 Å². The van der Waals surface area contributed by atoms with Gasteiger partial charge < -0.3 is 9.47 Å². The summed E-state index contributed by atoms with van der Waals surface area (Å²) in [6.07, 6.45) is 0.597. The van der Waals surface area contributed by atoms with E-state index >= 15 is 0 Å². The Morgan fingerprint density at radius 1 is 1.32 bits per heavy atom. The molecule has 0 N–H and O–H groups in total. The lowest BCUT2D eigenvalue weighted by molar-refractivity contribution is -0.148. The minimum absolute atomic E-state index is 0.00489. The van der Waals surface area contributed by atoms with E-state index < -0.39 is 18.0 Å². The molecule has 1 atom stereocenters. The van der Waals surface area contributed by atoms with Crippen molar-refractivity contribution in [2.24, 2.45) is 0 Å². The molecule has 0 aliphatic rings. The summed E-state index contributed by atoms with van der Waals surface area (Å²) in [5.74, 6) is -1.18. The zero-order valence-electron chi connectivity index (χ0n) is 14.3. The summed E-state index contributed by atoms with van der Waals surface area (Å²) in [6.45, 7) is 7.27. The third-order valence-corrected chi connectivity index (χ3v) is 3.88. The summed E-state index contributed by atoms with van der Waals surface area (Å²) >= 11 is 6.26. The highest BCUT2D eigenvalue weighted by atomic mass is 35.5. The Hall–Kier alpha value is -2.40. The third kappa shape index (κ3) is 4.79.